The van der Waals surface area contributed by atoms with Gasteiger partial charge in [0.1, 0.15) is 5.69 Å². The van der Waals surface area contributed by atoms with Crippen LogP contribution in [0, 0.1) is 0 Å². The lowest BCUT2D eigenvalue weighted by Crippen LogP contribution is -2.35. The maximum Gasteiger partial charge on any atom is 0.339 e. The summed E-state index contributed by atoms with van der Waals surface area (Å²) in [7, 11) is 1.35. The number of benzene rings is 2. The number of para-hydroxylation sites is 2. The van der Waals surface area contributed by atoms with Gasteiger partial charge in [-0.05, 0) is 48.7 Å². The number of carbonyl (C=O) groups is 2. The molecule has 6 nitrogen and oxygen atoms in total. The number of rotatable bonds is 4. The number of methoxy groups -OCH3 is 1. The molecule has 1 aromatic heterocycles. The molecule has 2 heterocycles. The average molecular weight is 387 g/mol. The number of nitrogens with zero attached hydrogens (tertiary/aromatic N) is 2. The summed E-state index contributed by atoms with van der Waals surface area (Å²) in [6.07, 6.45) is 3.48. The normalized spacial score (nSPS) is 12.8. The second kappa shape index (κ2) is 8.14. The highest BCUT2D eigenvalue weighted by Crippen LogP contribution is 2.28. The van der Waals surface area contributed by atoms with E-state index in [4.69, 9.17) is 4.74 Å². The van der Waals surface area contributed by atoms with Crippen LogP contribution in [0.5, 0.6) is 0 Å². The second-order valence-corrected chi connectivity index (χ2v) is 6.78. The molecule has 0 radical (unpaired) electrons. The van der Waals surface area contributed by atoms with Gasteiger partial charge < -0.3 is 15.0 Å². The van der Waals surface area contributed by atoms with Gasteiger partial charge in [0.25, 0.3) is 5.91 Å². The van der Waals surface area contributed by atoms with Crippen molar-refractivity contribution in [1.29, 1.82) is 0 Å². The Balaban J connectivity index is 1.61. The molecular formula is C23H21N3O3. The minimum Gasteiger partial charge on any atom is -0.465 e. The first-order valence-corrected chi connectivity index (χ1v) is 9.47. The topological polar surface area (TPSA) is 71.5 Å². The van der Waals surface area contributed by atoms with Gasteiger partial charge >= 0.3 is 5.97 Å². The van der Waals surface area contributed by atoms with E-state index in [0.29, 0.717) is 29.2 Å². The van der Waals surface area contributed by atoms with Crippen LogP contribution < -0.4 is 10.2 Å². The Bertz CT molecular complexity index is 1060. The summed E-state index contributed by atoms with van der Waals surface area (Å²) >= 11 is 0. The Labute approximate surface area is 169 Å². The third-order valence-electron chi connectivity index (χ3n) is 4.95. The summed E-state index contributed by atoms with van der Waals surface area (Å²) in [6.45, 7) is 0.667. The van der Waals surface area contributed by atoms with Gasteiger partial charge in [-0.1, -0.05) is 30.3 Å². The number of nitrogens with one attached hydrogen (secondary N) is 1. The number of aryl methyl sites for hydroxylation is 1. The number of fused-ring (bicyclic) bond motifs is 1. The van der Waals surface area contributed by atoms with Crippen molar-refractivity contribution in [1.82, 2.24) is 4.98 Å². The molecule has 0 fully saturated rings. The highest BCUT2D eigenvalue weighted by atomic mass is 16.5. The van der Waals surface area contributed by atoms with E-state index in [2.05, 4.69) is 16.4 Å². The Morgan fingerprint density at radius 1 is 1.07 bits per heavy atom. The van der Waals surface area contributed by atoms with Crippen molar-refractivity contribution in [2.24, 2.45) is 0 Å². The Hall–Kier alpha value is -3.67. The molecule has 2 aromatic carbocycles. The van der Waals surface area contributed by atoms with E-state index in [-0.39, 0.29) is 5.91 Å². The van der Waals surface area contributed by atoms with Crippen LogP contribution in [-0.4, -0.2) is 30.5 Å². The monoisotopic (exact) mass is 387 g/mol. The largest absolute Gasteiger partial charge is 0.465 e. The van der Waals surface area contributed by atoms with Crippen LogP contribution in [0.2, 0.25) is 0 Å². The number of hydrogen-bond donors (Lipinski definition) is 1. The summed E-state index contributed by atoms with van der Waals surface area (Å²) in [5.41, 5.74) is 4.16. The number of ether oxygens (including phenoxy) is 1. The third-order valence-corrected chi connectivity index (χ3v) is 4.95. The van der Waals surface area contributed by atoms with Crippen molar-refractivity contribution in [3.05, 3.63) is 83.7 Å². The van der Waals surface area contributed by atoms with Gasteiger partial charge in [0.05, 0.1) is 18.4 Å². The van der Waals surface area contributed by atoms with E-state index >= 15 is 0 Å². The number of amides is 1. The average Bonchev–Trinajstić information content (AvgIpc) is 2.78. The maximum absolute atomic E-state index is 13.2. The first-order chi connectivity index (χ1) is 14.2. The quantitative estimate of drug-likeness (QED) is 0.679. The lowest BCUT2D eigenvalue weighted by molar-refractivity contribution is 0.0601. The first-order valence-electron chi connectivity index (χ1n) is 9.47. The fraction of sp³-hybridized carbons (Fsp3) is 0.174. The zero-order chi connectivity index (χ0) is 20.2. The molecular weight excluding hydrogens is 366 g/mol. The van der Waals surface area contributed by atoms with Crippen LogP contribution in [0.15, 0.2) is 66.9 Å². The second-order valence-electron chi connectivity index (χ2n) is 6.78. The van der Waals surface area contributed by atoms with Crippen molar-refractivity contribution >= 4 is 28.9 Å². The molecule has 1 aliphatic heterocycles. The molecule has 0 atom stereocenters. The van der Waals surface area contributed by atoms with Gasteiger partial charge in [0.15, 0.2) is 0 Å². The molecule has 0 spiro atoms. The smallest absolute Gasteiger partial charge is 0.339 e. The molecule has 0 saturated carbocycles. The number of pyridine rings is 1. The zero-order valence-corrected chi connectivity index (χ0v) is 16.1. The molecule has 0 saturated heterocycles. The Morgan fingerprint density at radius 3 is 2.72 bits per heavy atom. The molecule has 3 aromatic rings. The summed E-state index contributed by atoms with van der Waals surface area (Å²) in [6, 6.07) is 18.5. The molecule has 0 aliphatic carbocycles. The lowest BCUT2D eigenvalue weighted by atomic mass is 10.0. The molecule has 146 valence electrons. The van der Waals surface area contributed by atoms with Crippen molar-refractivity contribution < 1.29 is 14.3 Å². The first kappa shape index (κ1) is 18.7. The van der Waals surface area contributed by atoms with E-state index in [1.165, 1.54) is 12.7 Å². The molecule has 6 heteroatoms. The lowest BCUT2D eigenvalue weighted by Gasteiger charge is -2.29. The van der Waals surface area contributed by atoms with Crippen LogP contribution in [0.1, 0.15) is 32.8 Å². The van der Waals surface area contributed by atoms with Crippen LogP contribution in [0.4, 0.5) is 17.1 Å². The Morgan fingerprint density at radius 2 is 1.86 bits per heavy atom. The molecule has 0 unspecified atom stereocenters. The third kappa shape index (κ3) is 3.82. The van der Waals surface area contributed by atoms with Crippen molar-refractivity contribution in [3.8, 4) is 0 Å². The number of anilines is 3. The van der Waals surface area contributed by atoms with Gasteiger partial charge in [-0.15, -0.1) is 0 Å². The van der Waals surface area contributed by atoms with Gasteiger partial charge in [-0.25, -0.2) is 4.79 Å². The van der Waals surface area contributed by atoms with Crippen LogP contribution in [0.3, 0.4) is 0 Å². The molecule has 0 bridgehead atoms. The van der Waals surface area contributed by atoms with Crippen LogP contribution in [0.25, 0.3) is 0 Å². The molecule has 4 rings (SSSR count). The number of esters is 1. The SMILES string of the molecule is COC(=O)c1ccccc1Nc1ccnc(C(=O)N2CCCc3ccccc32)c1. The predicted octanol–water partition coefficient (Wildman–Crippen LogP) is 4.20. The van der Waals surface area contributed by atoms with Crippen molar-refractivity contribution in [2.75, 3.05) is 23.9 Å². The molecule has 1 aliphatic rings. The van der Waals surface area contributed by atoms with Crippen molar-refractivity contribution in [3.63, 3.8) is 0 Å². The summed E-state index contributed by atoms with van der Waals surface area (Å²) in [5.74, 6) is -0.564. The molecule has 1 amide bonds. The van der Waals surface area contributed by atoms with E-state index in [9.17, 15) is 9.59 Å². The maximum atomic E-state index is 13.2. The van der Waals surface area contributed by atoms with Gasteiger partial charge in [0, 0.05) is 24.1 Å². The summed E-state index contributed by atoms with van der Waals surface area (Å²) < 4.78 is 4.84. The number of aromatic nitrogens is 1. The summed E-state index contributed by atoms with van der Waals surface area (Å²) in [5, 5.41) is 3.19. The predicted molar refractivity (Wildman–Crippen MR) is 112 cm³/mol. The van der Waals surface area contributed by atoms with Crippen molar-refractivity contribution in [2.45, 2.75) is 12.8 Å². The molecule has 29 heavy (non-hydrogen) atoms. The fourth-order valence-corrected chi connectivity index (χ4v) is 3.54. The fourth-order valence-electron chi connectivity index (χ4n) is 3.54. The van der Waals surface area contributed by atoms with Gasteiger partial charge in [-0.2, -0.15) is 0 Å². The van der Waals surface area contributed by atoms with E-state index in [1.807, 2.05) is 24.3 Å². The highest BCUT2D eigenvalue weighted by Gasteiger charge is 2.24. The minimum atomic E-state index is -0.427. The number of carbonyl (C=O) groups excluding carboxylic acids is 2. The van der Waals surface area contributed by atoms with E-state index in [0.717, 1.165) is 18.5 Å². The standard InChI is InChI=1S/C23H21N3O3/c1-29-23(28)18-9-3-4-10-19(18)25-17-12-13-24-20(15-17)22(27)26-14-6-8-16-7-2-5-11-21(16)26/h2-5,7,9-13,15H,6,8,14H2,1H3,(H,24,25). The van der Waals surface area contributed by atoms with Crippen LogP contribution in [-0.2, 0) is 11.2 Å². The Kier molecular flexibility index (Phi) is 5.24. The number of hydrogen-bond acceptors (Lipinski definition) is 5. The van der Waals surface area contributed by atoms with Gasteiger partial charge in [-0.3, -0.25) is 9.78 Å². The van der Waals surface area contributed by atoms with Crippen LogP contribution >= 0.6 is 0 Å². The van der Waals surface area contributed by atoms with E-state index < -0.39 is 5.97 Å². The summed E-state index contributed by atoms with van der Waals surface area (Å²) in [4.78, 5) is 31.2. The zero-order valence-electron chi connectivity index (χ0n) is 16.1. The molecule has 1 N–H and O–H groups in total. The van der Waals surface area contributed by atoms with Gasteiger partial charge in [0.2, 0.25) is 0 Å². The minimum absolute atomic E-state index is 0.137. The highest BCUT2D eigenvalue weighted by molar-refractivity contribution is 6.06. The van der Waals surface area contributed by atoms with E-state index in [1.54, 1.807) is 41.4 Å².